The minimum Gasteiger partial charge on any atom is -0.497 e. The Bertz CT molecular complexity index is 886. The monoisotopic (exact) mass is 359 g/mol. The highest BCUT2D eigenvalue weighted by Crippen LogP contribution is 2.37. The molecule has 1 unspecified atom stereocenters. The Morgan fingerprint density at radius 1 is 0.889 bits per heavy atom. The first-order valence-corrected chi connectivity index (χ1v) is 9.41. The van der Waals surface area contributed by atoms with E-state index in [4.69, 9.17) is 9.47 Å². The molecule has 0 radical (unpaired) electrons. The number of rotatable bonds is 5. The second-order valence-electron chi connectivity index (χ2n) is 6.93. The number of fused-ring (bicyclic) bond motifs is 1. The summed E-state index contributed by atoms with van der Waals surface area (Å²) in [6, 6.07) is 23.7. The van der Waals surface area contributed by atoms with Crippen LogP contribution in [0.15, 0.2) is 66.7 Å². The summed E-state index contributed by atoms with van der Waals surface area (Å²) in [5, 5.41) is 3.66. The molecule has 1 atom stereocenters. The van der Waals surface area contributed by atoms with Gasteiger partial charge in [-0.1, -0.05) is 54.6 Å². The van der Waals surface area contributed by atoms with Crippen molar-refractivity contribution in [3.63, 3.8) is 0 Å². The van der Waals surface area contributed by atoms with Crippen molar-refractivity contribution in [1.82, 2.24) is 5.32 Å². The van der Waals surface area contributed by atoms with E-state index in [1.165, 1.54) is 27.8 Å². The molecule has 3 aromatic rings. The predicted octanol–water partition coefficient (Wildman–Crippen LogP) is 4.80. The van der Waals surface area contributed by atoms with Crippen LogP contribution in [0.2, 0.25) is 0 Å². The van der Waals surface area contributed by atoms with Crippen LogP contribution in [0.1, 0.15) is 22.7 Å². The van der Waals surface area contributed by atoms with Crippen LogP contribution in [-0.2, 0) is 12.8 Å². The molecule has 1 heterocycles. The van der Waals surface area contributed by atoms with E-state index in [2.05, 4.69) is 59.9 Å². The minimum atomic E-state index is 0.247. The molecule has 27 heavy (non-hydrogen) atoms. The summed E-state index contributed by atoms with van der Waals surface area (Å²) in [6.07, 6.45) is 1.93. The molecule has 0 fully saturated rings. The van der Waals surface area contributed by atoms with Gasteiger partial charge in [0.2, 0.25) is 0 Å². The molecule has 4 rings (SSSR count). The van der Waals surface area contributed by atoms with E-state index in [1.54, 1.807) is 14.2 Å². The van der Waals surface area contributed by atoms with Crippen molar-refractivity contribution in [2.45, 2.75) is 18.9 Å². The number of hydrogen-bond acceptors (Lipinski definition) is 3. The number of nitrogens with one attached hydrogen (secondary N) is 1. The van der Waals surface area contributed by atoms with Crippen molar-refractivity contribution >= 4 is 0 Å². The summed E-state index contributed by atoms with van der Waals surface area (Å²) >= 11 is 0. The summed E-state index contributed by atoms with van der Waals surface area (Å²) < 4.78 is 11.1. The van der Waals surface area contributed by atoms with Gasteiger partial charge in [-0.25, -0.2) is 0 Å². The van der Waals surface area contributed by atoms with Crippen molar-refractivity contribution in [2.75, 3.05) is 20.8 Å². The zero-order chi connectivity index (χ0) is 18.6. The normalized spacial score (nSPS) is 15.9. The van der Waals surface area contributed by atoms with Crippen LogP contribution in [0.3, 0.4) is 0 Å². The SMILES string of the molecule is COc1cc2c(c(OC)c1)C(Cc1ccc(-c3ccccc3)cc1)NCC2. The highest BCUT2D eigenvalue weighted by atomic mass is 16.5. The number of hydrogen-bond donors (Lipinski definition) is 1. The standard InChI is InChI=1S/C24H25NO2/c1-26-21-15-20-12-13-25-22(24(20)23(16-21)27-2)14-17-8-10-19(11-9-17)18-6-4-3-5-7-18/h3-11,15-16,22,25H,12-14H2,1-2H3. The first kappa shape index (κ1) is 17.6. The molecule has 0 saturated heterocycles. The lowest BCUT2D eigenvalue weighted by molar-refractivity contribution is 0.377. The molecule has 3 aromatic carbocycles. The third-order valence-electron chi connectivity index (χ3n) is 5.29. The lowest BCUT2D eigenvalue weighted by Gasteiger charge is -2.29. The zero-order valence-electron chi connectivity index (χ0n) is 15.9. The molecule has 0 aromatic heterocycles. The molecule has 0 spiro atoms. The molecule has 0 bridgehead atoms. The summed E-state index contributed by atoms with van der Waals surface area (Å²) in [6.45, 7) is 0.968. The fourth-order valence-electron chi connectivity index (χ4n) is 3.90. The first-order valence-electron chi connectivity index (χ1n) is 9.41. The first-order chi connectivity index (χ1) is 13.3. The maximum absolute atomic E-state index is 5.68. The van der Waals surface area contributed by atoms with E-state index in [-0.39, 0.29) is 6.04 Å². The zero-order valence-corrected chi connectivity index (χ0v) is 15.9. The van der Waals surface area contributed by atoms with Crippen LogP contribution < -0.4 is 14.8 Å². The fourth-order valence-corrected chi connectivity index (χ4v) is 3.90. The molecule has 138 valence electrons. The van der Waals surface area contributed by atoms with Gasteiger partial charge in [0.25, 0.3) is 0 Å². The van der Waals surface area contributed by atoms with Crippen molar-refractivity contribution in [3.05, 3.63) is 83.4 Å². The molecule has 1 aliphatic heterocycles. The van der Waals surface area contributed by atoms with E-state index in [0.717, 1.165) is 30.9 Å². The molecule has 0 saturated carbocycles. The maximum atomic E-state index is 5.68. The fraction of sp³-hybridized carbons (Fsp3) is 0.250. The van der Waals surface area contributed by atoms with Gasteiger partial charge in [0.05, 0.1) is 14.2 Å². The molecule has 0 amide bonds. The highest BCUT2D eigenvalue weighted by Gasteiger charge is 2.25. The van der Waals surface area contributed by atoms with Gasteiger partial charge >= 0.3 is 0 Å². The lowest BCUT2D eigenvalue weighted by atomic mass is 9.89. The van der Waals surface area contributed by atoms with E-state index in [9.17, 15) is 0 Å². The number of methoxy groups -OCH3 is 2. The second kappa shape index (κ2) is 7.85. The van der Waals surface area contributed by atoms with E-state index in [1.807, 2.05) is 12.1 Å². The van der Waals surface area contributed by atoms with E-state index in [0.29, 0.717) is 0 Å². The van der Waals surface area contributed by atoms with Crippen LogP contribution in [0.5, 0.6) is 11.5 Å². The Morgan fingerprint density at radius 2 is 1.63 bits per heavy atom. The third-order valence-corrected chi connectivity index (χ3v) is 5.29. The Morgan fingerprint density at radius 3 is 2.33 bits per heavy atom. The molecular formula is C24H25NO2. The number of benzene rings is 3. The average molecular weight is 359 g/mol. The summed E-state index contributed by atoms with van der Waals surface area (Å²) in [7, 11) is 3.43. The third kappa shape index (κ3) is 3.69. The van der Waals surface area contributed by atoms with Crippen molar-refractivity contribution in [2.24, 2.45) is 0 Å². The largest absolute Gasteiger partial charge is 0.497 e. The molecule has 1 aliphatic rings. The summed E-state index contributed by atoms with van der Waals surface area (Å²) in [5.74, 6) is 1.76. The average Bonchev–Trinajstić information content (AvgIpc) is 2.74. The predicted molar refractivity (Wildman–Crippen MR) is 110 cm³/mol. The molecular weight excluding hydrogens is 334 g/mol. The maximum Gasteiger partial charge on any atom is 0.127 e. The summed E-state index contributed by atoms with van der Waals surface area (Å²) in [4.78, 5) is 0. The molecule has 3 nitrogen and oxygen atoms in total. The van der Waals surface area contributed by atoms with Gasteiger partial charge in [-0.3, -0.25) is 0 Å². The van der Waals surface area contributed by atoms with Gasteiger partial charge in [-0.15, -0.1) is 0 Å². The van der Waals surface area contributed by atoms with Crippen LogP contribution in [-0.4, -0.2) is 20.8 Å². The molecule has 3 heteroatoms. The lowest BCUT2D eigenvalue weighted by Crippen LogP contribution is -2.31. The van der Waals surface area contributed by atoms with Crippen LogP contribution >= 0.6 is 0 Å². The Kier molecular flexibility index (Phi) is 5.12. The van der Waals surface area contributed by atoms with Crippen LogP contribution in [0, 0.1) is 0 Å². The van der Waals surface area contributed by atoms with Crippen molar-refractivity contribution < 1.29 is 9.47 Å². The van der Waals surface area contributed by atoms with Gasteiger partial charge in [0.15, 0.2) is 0 Å². The molecule has 0 aliphatic carbocycles. The quantitative estimate of drug-likeness (QED) is 0.710. The van der Waals surface area contributed by atoms with Crippen molar-refractivity contribution in [1.29, 1.82) is 0 Å². The smallest absolute Gasteiger partial charge is 0.127 e. The Hall–Kier alpha value is -2.78. The topological polar surface area (TPSA) is 30.5 Å². The van der Waals surface area contributed by atoms with Gasteiger partial charge in [0.1, 0.15) is 11.5 Å². The highest BCUT2D eigenvalue weighted by molar-refractivity contribution is 5.63. The number of ether oxygens (including phenoxy) is 2. The molecule has 1 N–H and O–H groups in total. The Balaban J connectivity index is 1.59. The second-order valence-corrected chi connectivity index (χ2v) is 6.93. The van der Waals surface area contributed by atoms with Crippen molar-refractivity contribution in [3.8, 4) is 22.6 Å². The summed E-state index contributed by atoms with van der Waals surface area (Å²) in [5.41, 5.74) is 6.39. The van der Waals surface area contributed by atoms with Gasteiger partial charge in [0, 0.05) is 17.7 Å². The van der Waals surface area contributed by atoms with Crippen LogP contribution in [0.25, 0.3) is 11.1 Å². The van der Waals surface area contributed by atoms with E-state index >= 15 is 0 Å². The minimum absolute atomic E-state index is 0.247. The Labute approximate surface area is 161 Å². The van der Waals surface area contributed by atoms with Gasteiger partial charge in [-0.2, -0.15) is 0 Å². The van der Waals surface area contributed by atoms with E-state index < -0.39 is 0 Å². The van der Waals surface area contributed by atoms with Gasteiger partial charge in [-0.05, 0) is 47.7 Å². The van der Waals surface area contributed by atoms with Crippen LogP contribution in [0.4, 0.5) is 0 Å². The van der Waals surface area contributed by atoms with Gasteiger partial charge < -0.3 is 14.8 Å².